The molecule has 0 saturated heterocycles. The van der Waals surface area contributed by atoms with Crippen molar-refractivity contribution in [2.75, 3.05) is 13.6 Å². The topological polar surface area (TPSA) is 63.4 Å². The molecule has 0 aromatic carbocycles. The second-order valence-corrected chi connectivity index (χ2v) is 6.59. The summed E-state index contributed by atoms with van der Waals surface area (Å²) in [6.45, 7) is 4.38. The highest BCUT2D eigenvalue weighted by Gasteiger charge is 2.45. The third-order valence-corrected chi connectivity index (χ3v) is 6.16. The largest absolute Gasteiger partial charge is 0.329 e. The van der Waals surface area contributed by atoms with Crippen LogP contribution >= 0.6 is 0 Å². The quantitative estimate of drug-likeness (QED) is 0.743. The fourth-order valence-corrected chi connectivity index (χ4v) is 4.02. The molecule has 5 heteroatoms. The van der Waals surface area contributed by atoms with Crippen LogP contribution in [0.4, 0.5) is 0 Å². The van der Waals surface area contributed by atoms with Gasteiger partial charge in [0.1, 0.15) is 0 Å². The van der Waals surface area contributed by atoms with E-state index in [0.717, 1.165) is 25.7 Å². The Morgan fingerprint density at radius 3 is 2.07 bits per heavy atom. The van der Waals surface area contributed by atoms with E-state index in [2.05, 4.69) is 0 Å². The molecule has 0 heterocycles. The lowest BCUT2D eigenvalue weighted by Gasteiger charge is -2.39. The third-order valence-electron chi connectivity index (χ3n) is 3.69. The second-order valence-electron chi connectivity index (χ2n) is 4.35. The first-order chi connectivity index (χ1) is 6.94. The van der Waals surface area contributed by atoms with Crippen molar-refractivity contribution in [3.8, 4) is 0 Å². The van der Waals surface area contributed by atoms with E-state index in [1.807, 2.05) is 13.8 Å². The predicted molar refractivity (Wildman–Crippen MR) is 62.1 cm³/mol. The van der Waals surface area contributed by atoms with E-state index < -0.39 is 10.0 Å². The zero-order valence-electron chi connectivity index (χ0n) is 9.86. The van der Waals surface area contributed by atoms with Gasteiger partial charge in [0, 0.05) is 19.1 Å². The van der Waals surface area contributed by atoms with Crippen molar-refractivity contribution in [2.45, 2.75) is 50.3 Å². The molecule has 2 N–H and O–H groups in total. The zero-order chi connectivity index (χ0) is 11.7. The van der Waals surface area contributed by atoms with E-state index in [4.69, 9.17) is 5.73 Å². The minimum atomic E-state index is -3.11. The predicted octanol–water partition coefficient (Wildman–Crippen LogP) is 0.928. The van der Waals surface area contributed by atoms with Crippen LogP contribution in [0.25, 0.3) is 0 Å². The molecule has 1 fully saturated rings. The molecule has 0 aromatic rings. The number of hydrogen-bond acceptors (Lipinski definition) is 3. The van der Waals surface area contributed by atoms with Crippen molar-refractivity contribution in [3.05, 3.63) is 0 Å². The number of rotatable bonds is 6. The van der Waals surface area contributed by atoms with Gasteiger partial charge in [0.05, 0.1) is 5.25 Å². The van der Waals surface area contributed by atoms with E-state index in [-0.39, 0.29) is 10.8 Å². The molecule has 0 amide bonds. The summed E-state index contributed by atoms with van der Waals surface area (Å²) in [6, 6.07) is 0. The molecule has 1 rings (SSSR count). The monoisotopic (exact) mass is 234 g/mol. The molecule has 0 bridgehead atoms. The fraction of sp³-hybridized carbons (Fsp3) is 1.00. The molecular weight excluding hydrogens is 212 g/mol. The summed E-state index contributed by atoms with van der Waals surface area (Å²) in [7, 11) is -1.43. The zero-order valence-corrected chi connectivity index (χ0v) is 10.7. The molecule has 0 unspecified atom stereocenters. The Morgan fingerprint density at radius 2 is 1.80 bits per heavy atom. The van der Waals surface area contributed by atoms with Crippen molar-refractivity contribution >= 4 is 10.0 Å². The number of hydrogen-bond donors (Lipinski definition) is 1. The van der Waals surface area contributed by atoms with Crippen LogP contribution in [0.3, 0.4) is 0 Å². The number of nitrogens with zero attached hydrogens (tertiary/aromatic N) is 1. The fourth-order valence-electron chi connectivity index (χ4n) is 1.97. The van der Waals surface area contributed by atoms with Gasteiger partial charge < -0.3 is 5.73 Å². The summed E-state index contributed by atoms with van der Waals surface area (Å²) in [6.07, 6.45) is 3.15. The molecule has 1 aliphatic carbocycles. The second kappa shape index (κ2) is 4.39. The first-order valence-corrected chi connectivity index (χ1v) is 7.13. The summed E-state index contributed by atoms with van der Waals surface area (Å²) in [5.41, 5.74) is 5.35. The molecule has 1 aliphatic rings. The standard InChI is InChI=1S/C10H22N2O2S/c1-4-10(5-2,8-11)12(3)15(13,14)9-6-7-9/h9H,4-8,11H2,1-3H3. The maximum Gasteiger partial charge on any atom is 0.217 e. The first kappa shape index (κ1) is 12.9. The van der Waals surface area contributed by atoms with Gasteiger partial charge in [0.15, 0.2) is 0 Å². The molecule has 0 radical (unpaired) electrons. The molecule has 0 atom stereocenters. The summed E-state index contributed by atoms with van der Waals surface area (Å²) in [4.78, 5) is 0. The maximum absolute atomic E-state index is 12.1. The summed E-state index contributed by atoms with van der Waals surface area (Å²) < 4.78 is 25.7. The Kier molecular flexibility index (Phi) is 3.79. The number of likely N-dealkylation sites (N-methyl/N-ethyl adjacent to an activating group) is 1. The van der Waals surface area contributed by atoms with Crippen LogP contribution in [0.15, 0.2) is 0 Å². The van der Waals surface area contributed by atoms with Gasteiger partial charge in [-0.15, -0.1) is 0 Å². The Balaban J connectivity index is 2.93. The number of nitrogens with two attached hydrogens (primary N) is 1. The SMILES string of the molecule is CCC(CC)(CN)N(C)S(=O)(=O)C1CC1. The van der Waals surface area contributed by atoms with E-state index in [1.165, 1.54) is 4.31 Å². The number of sulfonamides is 1. The average molecular weight is 234 g/mol. The lowest BCUT2D eigenvalue weighted by molar-refractivity contribution is 0.207. The highest BCUT2D eigenvalue weighted by atomic mass is 32.2. The molecule has 0 aromatic heterocycles. The molecule has 15 heavy (non-hydrogen) atoms. The van der Waals surface area contributed by atoms with Crippen molar-refractivity contribution < 1.29 is 8.42 Å². The van der Waals surface area contributed by atoms with Gasteiger partial charge in [-0.1, -0.05) is 13.8 Å². The molecular formula is C10H22N2O2S. The Hall–Kier alpha value is -0.130. The van der Waals surface area contributed by atoms with Crippen LogP contribution in [0.2, 0.25) is 0 Å². The highest BCUT2D eigenvalue weighted by Crippen LogP contribution is 2.35. The summed E-state index contributed by atoms with van der Waals surface area (Å²) in [5, 5.41) is -0.147. The molecule has 0 aliphatic heterocycles. The van der Waals surface area contributed by atoms with Crippen LogP contribution in [0.1, 0.15) is 39.5 Å². The molecule has 1 saturated carbocycles. The van der Waals surface area contributed by atoms with Crippen LogP contribution in [-0.4, -0.2) is 37.1 Å². The van der Waals surface area contributed by atoms with E-state index in [0.29, 0.717) is 6.54 Å². The van der Waals surface area contributed by atoms with Crippen LogP contribution in [0, 0.1) is 0 Å². The van der Waals surface area contributed by atoms with Crippen LogP contribution in [-0.2, 0) is 10.0 Å². The maximum atomic E-state index is 12.1. The van der Waals surface area contributed by atoms with Crippen molar-refractivity contribution in [1.82, 2.24) is 4.31 Å². The van der Waals surface area contributed by atoms with Gasteiger partial charge in [-0.25, -0.2) is 8.42 Å². The lowest BCUT2D eigenvalue weighted by Crippen LogP contribution is -2.54. The van der Waals surface area contributed by atoms with Gasteiger partial charge in [-0.2, -0.15) is 4.31 Å². The minimum Gasteiger partial charge on any atom is -0.329 e. The van der Waals surface area contributed by atoms with E-state index in [1.54, 1.807) is 7.05 Å². The van der Waals surface area contributed by atoms with E-state index >= 15 is 0 Å². The van der Waals surface area contributed by atoms with Gasteiger partial charge >= 0.3 is 0 Å². The normalized spacial score (nSPS) is 18.5. The molecule has 0 spiro atoms. The Bertz CT molecular complexity index is 297. The van der Waals surface area contributed by atoms with Gasteiger partial charge in [0.2, 0.25) is 10.0 Å². The van der Waals surface area contributed by atoms with Crippen LogP contribution in [0.5, 0.6) is 0 Å². The summed E-state index contributed by atoms with van der Waals surface area (Å²) in [5.74, 6) is 0. The first-order valence-electron chi connectivity index (χ1n) is 5.62. The average Bonchev–Trinajstić information content (AvgIpc) is 3.04. The Labute approximate surface area is 92.9 Å². The van der Waals surface area contributed by atoms with Crippen molar-refractivity contribution in [3.63, 3.8) is 0 Å². The lowest BCUT2D eigenvalue weighted by atomic mass is 9.93. The minimum absolute atomic E-state index is 0.147. The van der Waals surface area contributed by atoms with Gasteiger partial charge in [-0.3, -0.25) is 0 Å². The molecule has 4 nitrogen and oxygen atoms in total. The third kappa shape index (κ3) is 2.19. The van der Waals surface area contributed by atoms with Gasteiger partial charge in [-0.05, 0) is 25.7 Å². The van der Waals surface area contributed by atoms with Crippen LogP contribution < -0.4 is 5.73 Å². The van der Waals surface area contributed by atoms with Crippen molar-refractivity contribution in [2.24, 2.45) is 5.73 Å². The van der Waals surface area contributed by atoms with E-state index in [9.17, 15) is 8.42 Å². The molecule has 90 valence electrons. The Morgan fingerprint density at radius 1 is 1.33 bits per heavy atom. The highest BCUT2D eigenvalue weighted by molar-refractivity contribution is 7.90. The van der Waals surface area contributed by atoms with Crippen molar-refractivity contribution in [1.29, 1.82) is 0 Å². The smallest absolute Gasteiger partial charge is 0.217 e. The van der Waals surface area contributed by atoms with Gasteiger partial charge in [0.25, 0.3) is 0 Å². The summed E-state index contributed by atoms with van der Waals surface area (Å²) >= 11 is 0.